The SMILES string of the molecule is Cc1cccc2c(CC(=O)Nc3nc4ccc([N+](=O)[O-])cc4s3)cc(=O)oc12. The van der Waals surface area contributed by atoms with Crippen LogP contribution in [0.25, 0.3) is 21.2 Å². The lowest BCUT2D eigenvalue weighted by atomic mass is 10.0. The van der Waals surface area contributed by atoms with Gasteiger partial charge in [0.25, 0.3) is 5.69 Å². The normalized spacial score (nSPS) is 11.0. The number of fused-ring (bicyclic) bond motifs is 2. The Morgan fingerprint density at radius 1 is 1.29 bits per heavy atom. The van der Waals surface area contributed by atoms with Crippen molar-refractivity contribution in [3.05, 3.63) is 74.1 Å². The Morgan fingerprint density at radius 2 is 2.11 bits per heavy atom. The van der Waals surface area contributed by atoms with Gasteiger partial charge in [-0.15, -0.1) is 0 Å². The molecular formula is C19H13N3O5S. The van der Waals surface area contributed by atoms with Crippen LogP contribution in [-0.2, 0) is 11.2 Å². The number of rotatable bonds is 4. The predicted molar refractivity (Wildman–Crippen MR) is 106 cm³/mol. The van der Waals surface area contributed by atoms with Gasteiger partial charge in [0.15, 0.2) is 5.13 Å². The van der Waals surface area contributed by atoms with Crippen molar-refractivity contribution in [2.75, 3.05) is 5.32 Å². The number of aromatic nitrogens is 1. The first-order chi connectivity index (χ1) is 13.4. The minimum atomic E-state index is -0.517. The van der Waals surface area contributed by atoms with E-state index in [9.17, 15) is 19.7 Å². The van der Waals surface area contributed by atoms with Gasteiger partial charge in [-0.05, 0) is 24.1 Å². The molecule has 0 saturated carbocycles. The van der Waals surface area contributed by atoms with E-state index < -0.39 is 10.5 Å². The molecule has 28 heavy (non-hydrogen) atoms. The molecule has 0 spiro atoms. The van der Waals surface area contributed by atoms with E-state index in [2.05, 4.69) is 10.3 Å². The number of hydrogen-bond acceptors (Lipinski definition) is 7. The Bertz CT molecular complexity index is 1310. The quantitative estimate of drug-likeness (QED) is 0.319. The molecule has 0 aliphatic heterocycles. The van der Waals surface area contributed by atoms with E-state index >= 15 is 0 Å². The molecule has 4 aromatic rings. The van der Waals surface area contributed by atoms with Crippen molar-refractivity contribution in [3.8, 4) is 0 Å². The topological polar surface area (TPSA) is 115 Å². The van der Waals surface area contributed by atoms with Crippen LogP contribution in [-0.4, -0.2) is 15.8 Å². The number of nitrogens with one attached hydrogen (secondary N) is 1. The van der Waals surface area contributed by atoms with Crippen molar-refractivity contribution in [2.45, 2.75) is 13.3 Å². The molecule has 0 radical (unpaired) electrons. The molecule has 0 saturated heterocycles. The highest BCUT2D eigenvalue weighted by molar-refractivity contribution is 7.22. The number of aryl methyl sites for hydroxylation is 1. The zero-order valence-electron chi connectivity index (χ0n) is 14.6. The second kappa shape index (κ2) is 6.86. The zero-order chi connectivity index (χ0) is 19.8. The summed E-state index contributed by atoms with van der Waals surface area (Å²) in [6, 6.07) is 11.1. The third-order valence-electron chi connectivity index (χ3n) is 4.23. The number of para-hydroxylation sites is 1. The number of nitro benzene ring substituents is 1. The fraction of sp³-hybridized carbons (Fsp3) is 0.105. The summed E-state index contributed by atoms with van der Waals surface area (Å²) in [5.74, 6) is -0.345. The van der Waals surface area contributed by atoms with E-state index in [4.69, 9.17) is 4.42 Å². The first-order valence-electron chi connectivity index (χ1n) is 8.28. The van der Waals surface area contributed by atoms with Gasteiger partial charge in [0.2, 0.25) is 5.91 Å². The number of amides is 1. The van der Waals surface area contributed by atoms with Gasteiger partial charge in [-0.25, -0.2) is 9.78 Å². The molecule has 0 bridgehead atoms. The van der Waals surface area contributed by atoms with Crippen LogP contribution in [0.3, 0.4) is 0 Å². The molecule has 2 aromatic carbocycles. The molecule has 0 atom stereocenters. The monoisotopic (exact) mass is 395 g/mol. The van der Waals surface area contributed by atoms with Crippen LogP contribution >= 0.6 is 11.3 Å². The largest absolute Gasteiger partial charge is 0.422 e. The number of non-ortho nitro benzene ring substituents is 1. The summed E-state index contributed by atoms with van der Waals surface area (Å²) >= 11 is 1.15. The molecule has 2 heterocycles. The number of thiazole rings is 1. The first-order valence-corrected chi connectivity index (χ1v) is 9.09. The summed E-state index contributed by atoms with van der Waals surface area (Å²) in [6.07, 6.45) is -0.0262. The number of nitro groups is 1. The number of carbonyl (C=O) groups is 1. The number of nitrogens with zero attached hydrogens (tertiary/aromatic N) is 2. The molecule has 140 valence electrons. The third-order valence-corrected chi connectivity index (χ3v) is 5.17. The number of carbonyl (C=O) groups excluding carboxylic acids is 1. The van der Waals surface area contributed by atoms with Gasteiger partial charge in [0.05, 0.1) is 21.6 Å². The van der Waals surface area contributed by atoms with Crippen LogP contribution in [0.2, 0.25) is 0 Å². The van der Waals surface area contributed by atoms with Crippen LogP contribution in [0.15, 0.2) is 51.7 Å². The molecule has 8 nitrogen and oxygen atoms in total. The smallest absolute Gasteiger partial charge is 0.336 e. The van der Waals surface area contributed by atoms with E-state index in [0.29, 0.717) is 31.9 Å². The van der Waals surface area contributed by atoms with E-state index in [-0.39, 0.29) is 18.0 Å². The van der Waals surface area contributed by atoms with E-state index in [1.807, 2.05) is 19.1 Å². The Hall–Kier alpha value is -3.59. The average molecular weight is 395 g/mol. The molecule has 0 unspecified atom stereocenters. The van der Waals surface area contributed by atoms with Gasteiger partial charge in [0, 0.05) is 23.6 Å². The number of hydrogen-bond donors (Lipinski definition) is 1. The summed E-state index contributed by atoms with van der Waals surface area (Å²) < 4.78 is 5.85. The molecule has 9 heteroatoms. The minimum Gasteiger partial charge on any atom is -0.422 e. The Morgan fingerprint density at radius 3 is 2.89 bits per heavy atom. The standard InChI is InChI=1S/C19H13N3O5S/c1-10-3-2-4-13-11(8-17(24)27-18(10)13)7-16(23)21-19-20-14-6-5-12(22(25)26)9-15(14)28-19/h2-6,8-9H,7H2,1H3,(H,20,21,23). The van der Waals surface area contributed by atoms with Crippen molar-refractivity contribution in [1.82, 2.24) is 4.98 Å². The Balaban J connectivity index is 1.61. The molecule has 2 aromatic heterocycles. The Kier molecular flexibility index (Phi) is 4.36. The highest BCUT2D eigenvalue weighted by Crippen LogP contribution is 2.29. The molecule has 0 aliphatic rings. The molecule has 0 aliphatic carbocycles. The second-order valence-corrected chi connectivity index (χ2v) is 7.23. The van der Waals surface area contributed by atoms with Crippen LogP contribution in [0, 0.1) is 17.0 Å². The summed E-state index contributed by atoms with van der Waals surface area (Å²) in [5, 5.41) is 14.6. The van der Waals surface area contributed by atoms with Gasteiger partial charge in [-0.1, -0.05) is 29.5 Å². The van der Waals surface area contributed by atoms with Crippen molar-refractivity contribution in [2.24, 2.45) is 0 Å². The molecule has 1 N–H and O–H groups in total. The third kappa shape index (κ3) is 3.35. The zero-order valence-corrected chi connectivity index (χ0v) is 15.4. The summed E-state index contributed by atoms with van der Waals surface area (Å²) in [6.45, 7) is 1.83. The van der Waals surface area contributed by atoms with Crippen molar-refractivity contribution in [1.29, 1.82) is 0 Å². The average Bonchev–Trinajstić information content (AvgIpc) is 3.03. The fourth-order valence-electron chi connectivity index (χ4n) is 2.95. The lowest BCUT2D eigenvalue weighted by molar-refractivity contribution is -0.384. The first kappa shape index (κ1) is 17.8. The van der Waals surface area contributed by atoms with Crippen LogP contribution < -0.4 is 10.9 Å². The molecule has 4 rings (SSSR count). The van der Waals surface area contributed by atoms with E-state index in [1.54, 1.807) is 6.07 Å². The highest BCUT2D eigenvalue weighted by atomic mass is 32.1. The Labute approximate surface area is 161 Å². The maximum absolute atomic E-state index is 12.5. The molecule has 1 amide bonds. The van der Waals surface area contributed by atoms with Crippen LogP contribution in [0.1, 0.15) is 11.1 Å². The van der Waals surface area contributed by atoms with Crippen molar-refractivity contribution < 1.29 is 14.1 Å². The van der Waals surface area contributed by atoms with E-state index in [0.717, 1.165) is 16.9 Å². The maximum Gasteiger partial charge on any atom is 0.336 e. The van der Waals surface area contributed by atoms with E-state index in [1.165, 1.54) is 24.3 Å². The van der Waals surface area contributed by atoms with Gasteiger partial charge < -0.3 is 9.73 Å². The fourth-order valence-corrected chi connectivity index (χ4v) is 3.87. The van der Waals surface area contributed by atoms with Gasteiger partial charge >= 0.3 is 5.63 Å². The maximum atomic E-state index is 12.5. The molecule has 0 fully saturated rings. The summed E-state index contributed by atoms with van der Waals surface area (Å²) in [7, 11) is 0. The summed E-state index contributed by atoms with van der Waals surface area (Å²) in [4.78, 5) is 39.0. The van der Waals surface area contributed by atoms with Crippen molar-refractivity contribution >= 4 is 49.2 Å². The number of anilines is 1. The summed E-state index contributed by atoms with van der Waals surface area (Å²) in [5.41, 5.74) is 1.84. The highest BCUT2D eigenvalue weighted by Gasteiger charge is 2.14. The van der Waals surface area contributed by atoms with Gasteiger partial charge in [0.1, 0.15) is 5.58 Å². The van der Waals surface area contributed by atoms with Crippen molar-refractivity contribution in [3.63, 3.8) is 0 Å². The lowest BCUT2D eigenvalue weighted by Gasteiger charge is -2.06. The minimum absolute atomic E-state index is 0.0262. The number of benzene rings is 2. The van der Waals surface area contributed by atoms with Crippen LogP contribution in [0.5, 0.6) is 0 Å². The lowest BCUT2D eigenvalue weighted by Crippen LogP contribution is -2.15. The van der Waals surface area contributed by atoms with Crippen LogP contribution in [0.4, 0.5) is 10.8 Å². The second-order valence-electron chi connectivity index (χ2n) is 6.20. The molecular weight excluding hydrogens is 382 g/mol. The van der Waals surface area contributed by atoms with Gasteiger partial charge in [-0.3, -0.25) is 14.9 Å². The predicted octanol–water partition coefficient (Wildman–Crippen LogP) is 3.80. The van der Waals surface area contributed by atoms with Gasteiger partial charge in [-0.2, -0.15) is 0 Å².